The van der Waals surface area contributed by atoms with Crippen molar-refractivity contribution in [1.29, 1.82) is 0 Å². The maximum atomic E-state index is 11.6. The minimum Gasteiger partial charge on any atom is -0.496 e. The van der Waals surface area contributed by atoms with Crippen LogP contribution in [0.1, 0.15) is 18.0 Å². The van der Waals surface area contributed by atoms with Gasteiger partial charge in [0.25, 0.3) is 0 Å². The van der Waals surface area contributed by atoms with Crippen LogP contribution >= 0.6 is 0 Å². The van der Waals surface area contributed by atoms with Crippen molar-refractivity contribution in [2.24, 2.45) is 5.92 Å². The molecule has 1 aliphatic rings. The predicted octanol–water partition coefficient (Wildman–Crippen LogP) is 0.834. The third-order valence-electron chi connectivity index (χ3n) is 3.48. The lowest BCUT2D eigenvalue weighted by atomic mass is 9.99. The van der Waals surface area contributed by atoms with Crippen molar-refractivity contribution in [2.75, 3.05) is 19.9 Å². The second-order valence-corrected chi connectivity index (χ2v) is 6.92. The van der Waals surface area contributed by atoms with Gasteiger partial charge >= 0.3 is 5.97 Å². The quantitative estimate of drug-likeness (QED) is 0.855. The molecule has 2 N–H and O–H groups in total. The van der Waals surface area contributed by atoms with E-state index >= 15 is 0 Å². The van der Waals surface area contributed by atoms with Crippen LogP contribution in [0.5, 0.6) is 5.75 Å². The fraction of sp³-hybridized carbons (Fsp3) is 0.462. The smallest absolute Gasteiger partial charge is 0.307 e. The van der Waals surface area contributed by atoms with Crippen LogP contribution in [-0.4, -0.2) is 39.4 Å². The van der Waals surface area contributed by atoms with Crippen molar-refractivity contribution in [1.82, 2.24) is 5.32 Å². The molecule has 0 bridgehead atoms. The van der Waals surface area contributed by atoms with Crippen LogP contribution in [0.4, 0.5) is 0 Å². The molecular formula is C13H17NO5S. The summed E-state index contributed by atoms with van der Waals surface area (Å²) in [6, 6.07) is 4.42. The van der Waals surface area contributed by atoms with Crippen LogP contribution < -0.4 is 10.1 Å². The molecule has 0 amide bonds. The summed E-state index contributed by atoms with van der Waals surface area (Å²) in [5, 5.41) is 12.1. The standard InChI is InChI=1S/C13H17NO5S/c1-19-12-4-3-9(20(2,17)18)6-10(12)11-5-8(7-14-11)13(15)16/h3-4,6,8,11,14H,5,7H2,1-2H3,(H,15,16). The highest BCUT2D eigenvalue weighted by Crippen LogP contribution is 2.34. The molecule has 1 saturated heterocycles. The zero-order valence-electron chi connectivity index (χ0n) is 11.3. The number of sulfone groups is 1. The van der Waals surface area contributed by atoms with Crippen molar-refractivity contribution < 1.29 is 23.1 Å². The summed E-state index contributed by atoms with van der Waals surface area (Å²) in [7, 11) is -1.81. The second kappa shape index (κ2) is 5.41. The first kappa shape index (κ1) is 14.8. The number of carboxylic acids is 1. The number of aliphatic carboxylic acids is 1. The maximum Gasteiger partial charge on any atom is 0.307 e. The Labute approximate surface area is 117 Å². The molecule has 0 aliphatic carbocycles. The third-order valence-corrected chi connectivity index (χ3v) is 4.60. The number of ether oxygens (including phenoxy) is 1. The number of benzene rings is 1. The molecule has 7 heteroatoms. The summed E-state index contributed by atoms with van der Waals surface area (Å²) < 4.78 is 28.5. The minimum absolute atomic E-state index is 0.203. The summed E-state index contributed by atoms with van der Waals surface area (Å²) in [4.78, 5) is 11.2. The number of methoxy groups -OCH3 is 1. The van der Waals surface area contributed by atoms with Crippen LogP contribution in [0.3, 0.4) is 0 Å². The fourth-order valence-corrected chi connectivity index (χ4v) is 3.03. The van der Waals surface area contributed by atoms with Gasteiger partial charge in [0.1, 0.15) is 5.75 Å². The number of carboxylic acid groups (broad SMARTS) is 1. The SMILES string of the molecule is COc1ccc(S(C)(=O)=O)cc1C1CC(C(=O)O)CN1. The van der Waals surface area contributed by atoms with Gasteiger partial charge in [0.05, 0.1) is 17.9 Å². The topological polar surface area (TPSA) is 92.7 Å². The summed E-state index contributed by atoms with van der Waals surface area (Å²) in [6.07, 6.45) is 1.56. The normalized spacial score (nSPS) is 22.7. The van der Waals surface area contributed by atoms with Crippen molar-refractivity contribution in [3.63, 3.8) is 0 Å². The third kappa shape index (κ3) is 2.94. The Kier molecular flexibility index (Phi) is 4.01. The lowest BCUT2D eigenvalue weighted by Crippen LogP contribution is -2.17. The Bertz CT molecular complexity index is 626. The van der Waals surface area contributed by atoms with Gasteiger partial charge in [0, 0.05) is 24.4 Å². The predicted molar refractivity (Wildman–Crippen MR) is 72.6 cm³/mol. The summed E-state index contributed by atoms with van der Waals surface area (Å²) in [6.45, 7) is 0.367. The van der Waals surface area contributed by atoms with E-state index in [0.29, 0.717) is 24.3 Å². The molecule has 20 heavy (non-hydrogen) atoms. The molecule has 1 heterocycles. The van der Waals surface area contributed by atoms with Crippen molar-refractivity contribution in [3.8, 4) is 5.75 Å². The molecule has 110 valence electrons. The van der Waals surface area contributed by atoms with Gasteiger partial charge in [0.2, 0.25) is 0 Å². The first-order valence-corrected chi connectivity index (χ1v) is 8.06. The number of nitrogens with one attached hydrogen (secondary N) is 1. The highest BCUT2D eigenvalue weighted by Gasteiger charge is 2.32. The molecule has 0 saturated carbocycles. The average molecular weight is 299 g/mol. The lowest BCUT2D eigenvalue weighted by Gasteiger charge is -2.16. The molecule has 1 fully saturated rings. The van der Waals surface area contributed by atoms with E-state index in [-0.39, 0.29) is 10.9 Å². The van der Waals surface area contributed by atoms with Gasteiger partial charge in [-0.1, -0.05) is 0 Å². The number of rotatable bonds is 4. The van der Waals surface area contributed by atoms with Gasteiger partial charge < -0.3 is 15.2 Å². The molecule has 0 aromatic heterocycles. The maximum absolute atomic E-state index is 11.6. The zero-order valence-corrected chi connectivity index (χ0v) is 12.1. The van der Waals surface area contributed by atoms with E-state index in [4.69, 9.17) is 9.84 Å². The highest BCUT2D eigenvalue weighted by molar-refractivity contribution is 7.90. The van der Waals surface area contributed by atoms with E-state index < -0.39 is 21.7 Å². The van der Waals surface area contributed by atoms with Crippen molar-refractivity contribution in [3.05, 3.63) is 23.8 Å². The molecule has 2 rings (SSSR count). The molecule has 2 unspecified atom stereocenters. The van der Waals surface area contributed by atoms with Crippen LogP contribution in [0.2, 0.25) is 0 Å². The van der Waals surface area contributed by atoms with Gasteiger partial charge in [-0.3, -0.25) is 4.79 Å². The van der Waals surface area contributed by atoms with E-state index in [1.165, 1.54) is 13.2 Å². The Morgan fingerprint density at radius 2 is 2.15 bits per heavy atom. The second-order valence-electron chi connectivity index (χ2n) is 4.91. The lowest BCUT2D eigenvalue weighted by molar-refractivity contribution is -0.141. The van der Waals surface area contributed by atoms with Crippen molar-refractivity contribution in [2.45, 2.75) is 17.4 Å². The Balaban J connectivity index is 2.37. The van der Waals surface area contributed by atoms with Crippen LogP contribution in [-0.2, 0) is 14.6 Å². The number of hydrogen-bond donors (Lipinski definition) is 2. The summed E-state index contributed by atoms with van der Waals surface area (Å²) in [5.41, 5.74) is 0.680. The van der Waals surface area contributed by atoms with Crippen molar-refractivity contribution >= 4 is 15.8 Å². The number of hydrogen-bond acceptors (Lipinski definition) is 5. The van der Waals surface area contributed by atoms with Gasteiger partial charge in [-0.05, 0) is 24.6 Å². The molecule has 1 aromatic carbocycles. The Hall–Kier alpha value is -1.60. The summed E-state index contributed by atoms with van der Waals surface area (Å²) >= 11 is 0. The minimum atomic E-state index is -3.31. The molecule has 6 nitrogen and oxygen atoms in total. The molecule has 1 aliphatic heterocycles. The van der Waals surface area contributed by atoms with Crippen LogP contribution in [0, 0.1) is 5.92 Å². The van der Waals surface area contributed by atoms with Gasteiger partial charge in [-0.25, -0.2) is 8.42 Å². The van der Waals surface area contributed by atoms with E-state index in [2.05, 4.69) is 5.32 Å². The van der Waals surface area contributed by atoms with Gasteiger partial charge in [0.15, 0.2) is 9.84 Å². The number of carbonyl (C=O) groups is 1. The molecular weight excluding hydrogens is 282 g/mol. The Morgan fingerprint density at radius 3 is 2.65 bits per heavy atom. The molecule has 0 radical (unpaired) electrons. The van der Waals surface area contributed by atoms with E-state index in [0.717, 1.165) is 6.26 Å². The first-order chi connectivity index (χ1) is 9.32. The average Bonchev–Trinajstić information content (AvgIpc) is 2.86. The summed E-state index contributed by atoms with van der Waals surface area (Å²) in [5.74, 6) is -0.759. The van der Waals surface area contributed by atoms with Gasteiger partial charge in [-0.15, -0.1) is 0 Å². The largest absolute Gasteiger partial charge is 0.496 e. The van der Waals surface area contributed by atoms with E-state index in [1.807, 2.05) is 0 Å². The van der Waals surface area contributed by atoms with Crippen LogP contribution in [0.25, 0.3) is 0 Å². The molecule has 2 atom stereocenters. The monoisotopic (exact) mass is 299 g/mol. The van der Waals surface area contributed by atoms with E-state index in [9.17, 15) is 13.2 Å². The molecule has 1 aromatic rings. The Morgan fingerprint density at radius 1 is 1.45 bits per heavy atom. The zero-order chi connectivity index (χ0) is 14.9. The fourth-order valence-electron chi connectivity index (χ4n) is 2.38. The molecule has 0 spiro atoms. The van der Waals surface area contributed by atoms with Gasteiger partial charge in [-0.2, -0.15) is 0 Å². The highest BCUT2D eigenvalue weighted by atomic mass is 32.2. The first-order valence-electron chi connectivity index (χ1n) is 6.17. The van der Waals surface area contributed by atoms with E-state index in [1.54, 1.807) is 12.1 Å². The van der Waals surface area contributed by atoms with Crippen LogP contribution in [0.15, 0.2) is 23.1 Å².